The van der Waals surface area contributed by atoms with E-state index in [-0.39, 0.29) is 19.8 Å². The molecule has 31 heavy (non-hydrogen) atoms. The van der Waals surface area contributed by atoms with E-state index >= 15 is 0 Å². The van der Waals surface area contributed by atoms with Crippen LogP contribution in [0.4, 0.5) is 0 Å². The minimum absolute atomic E-state index is 0.0256. The highest BCUT2D eigenvalue weighted by atomic mass is 35.5. The Morgan fingerprint density at radius 1 is 0.839 bits per heavy atom. The molecule has 4 nitrogen and oxygen atoms in total. The first-order valence-electron chi connectivity index (χ1n) is 8.58. The summed E-state index contributed by atoms with van der Waals surface area (Å²) in [5, 5.41) is 2.88. The molecular formula is C21H13Cl4NO3S2. The van der Waals surface area contributed by atoms with Crippen molar-refractivity contribution in [2.75, 3.05) is 0 Å². The van der Waals surface area contributed by atoms with Crippen LogP contribution in [0.15, 0.2) is 92.0 Å². The summed E-state index contributed by atoms with van der Waals surface area (Å²) in [5.41, 5.74) is 0.0489. The van der Waals surface area contributed by atoms with Gasteiger partial charge in [0.25, 0.3) is 5.91 Å². The van der Waals surface area contributed by atoms with E-state index in [4.69, 9.17) is 46.4 Å². The third-order valence-electron chi connectivity index (χ3n) is 3.92. The van der Waals surface area contributed by atoms with Gasteiger partial charge in [0.1, 0.15) is 4.36 Å². The molecule has 0 heterocycles. The molecule has 0 aromatic heterocycles. The Morgan fingerprint density at radius 3 is 2.06 bits per heavy atom. The summed E-state index contributed by atoms with van der Waals surface area (Å²) < 4.78 is 26.4. The topological polar surface area (TPSA) is 63.2 Å². The molecule has 1 amide bonds. The molecule has 1 N–H and O–H groups in total. The third-order valence-corrected chi connectivity index (χ3v) is 8.01. The number of rotatable bonds is 6. The first kappa shape index (κ1) is 24.0. The van der Waals surface area contributed by atoms with Gasteiger partial charge < -0.3 is 5.32 Å². The molecule has 0 aliphatic carbocycles. The van der Waals surface area contributed by atoms with Crippen molar-refractivity contribution in [1.82, 2.24) is 5.32 Å². The molecule has 3 aromatic carbocycles. The number of hydrogen-bond donors (Lipinski definition) is 1. The zero-order valence-electron chi connectivity index (χ0n) is 15.5. The number of nitrogens with one attached hydrogen (secondary N) is 1. The van der Waals surface area contributed by atoms with Gasteiger partial charge in [-0.1, -0.05) is 76.4 Å². The van der Waals surface area contributed by atoms with E-state index in [1.165, 1.54) is 30.3 Å². The third kappa shape index (κ3) is 5.98. The fourth-order valence-corrected chi connectivity index (χ4v) is 5.94. The maximum absolute atomic E-state index is 13.3. The summed E-state index contributed by atoms with van der Waals surface area (Å²) >= 11 is 25.3. The summed E-state index contributed by atoms with van der Waals surface area (Å²) in [5.74, 6) is -0.744. The number of carbonyl (C=O) groups is 1. The Morgan fingerprint density at radius 2 is 1.45 bits per heavy atom. The van der Waals surface area contributed by atoms with Crippen molar-refractivity contribution in [3.05, 3.63) is 103 Å². The van der Waals surface area contributed by atoms with Crippen molar-refractivity contribution in [3.8, 4) is 0 Å². The number of sulfone groups is 1. The molecule has 0 fully saturated rings. The number of hydrogen-bond acceptors (Lipinski definition) is 4. The molecule has 0 aliphatic heterocycles. The highest BCUT2D eigenvalue weighted by Crippen LogP contribution is 2.35. The predicted octanol–water partition coefficient (Wildman–Crippen LogP) is 7.01. The second-order valence-electron chi connectivity index (χ2n) is 6.05. The Kier molecular flexibility index (Phi) is 7.97. The molecule has 0 bridgehead atoms. The zero-order chi connectivity index (χ0) is 22.6. The van der Waals surface area contributed by atoms with Gasteiger partial charge in [0.15, 0.2) is 5.03 Å². The molecule has 0 spiro atoms. The highest BCUT2D eigenvalue weighted by molar-refractivity contribution is 8.06. The van der Waals surface area contributed by atoms with Gasteiger partial charge in [-0.2, -0.15) is 0 Å². The minimum atomic E-state index is -4.15. The summed E-state index contributed by atoms with van der Waals surface area (Å²) in [6, 6.07) is 18.5. The summed E-state index contributed by atoms with van der Waals surface area (Å²) in [4.78, 5) is 13.5. The van der Waals surface area contributed by atoms with Crippen LogP contribution in [0.2, 0.25) is 15.1 Å². The molecule has 0 atom stereocenters. The standard InChI is InChI=1S/C21H13Cl4NO3S2/c22-13-6-9-15(10-7-13)30-19(25)21(31(28,29)16-4-2-1-3-5-16)26-20(27)17-11-8-14(23)12-18(17)24/h1-12H,(H,26,27)/b21-19-. The molecule has 0 aliphatic rings. The second-order valence-corrected chi connectivity index (χ2v) is 10.9. The molecule has 0 saturated heterocycles. The van der Waals surface area contributed by atoms with Gasteiger partial charge in [0.2, 0.25) is 9.84 Å². The number of amides is 1. The lowest BCUT2D eigenvalue weighted by atomic mass is 10.2. The number of benzene rings is 3. The Balaban J connectivity index is 2.05. The lowest BCUT2D eigenvalue weighted by molar-refractivity contribution is 0.0968. The molecule has 160 valence electrons. The summed E-state index contributed by atoms with van der Waals surface area (Å²) in [6.45, 7) is 0. The van der Waals surface area contributed by atoms with Crippen LogP contribution in [0.3, 0.4) is 0 Å². The first-order chi connectivity index (χ1) is 14.7. The molecule has 0 radical (unpaired) electrons. The van der Waals surface area contributed by atoms with Crippen LogP contribution in [-0.2, 0) is 9.84 Å². The lowest BCUT2D eigenvalue weighted by Crippen LogP contribution is -2.28. The monoisotopic (exact) mass is 531 g/mol. The van der Waals surface area contributed by atoms with Crippen LogP contribution in [0.1, 0.15) is 10.4 Å². The minimum Gasteiger partial charge on any atom is -0.310 e. The van der Waals surface area contributed by atoms with Crippen LogP contribution in [-0.4, -0.2) is 14.3 Å². The van der Waals surface area contributed by atoms with Gasteiger partial charge >= 0.3 is 0 Å². The molecule has 0 saturated carbocycles. The summed E-state index contributed by atoms with van der Waals surface area (Å²) in [7, 11) is -4.15. The van der Waals surface area contributed by atoms with Crippen LogP contribution in [0.5, 0.6) is 0 Å². The Labute approximate surface area is 204 Å². The van der Waals surface area contributed by atoms with E-state index in [9.17, 15) is 13.2 Å². The number of halogens is 4. The lowest BCUT2D eigenvalue weighted by Gasteiger charge is -2.14. The number of thioether (sulfide) groups is 1. The quantitative estimate of drug-likeness (QED) is 0.347. The average molecular weight is 533 g/mol. The molecule has 0 unspecified atom stereocenters. The van der Waals surface area contributed by atoms with E-state index in [1.807, 2.05) is 0 Å². The Hall–Kier alpha value is -1.67. The highest BCUT2D eigenvalue weighted by Gasteiger charge is 2.27. The largest absolute Gasteiger partial charge is 0.310 e. The fraction of sp³-hybridized carbons (Fsp3) is 0. The fourth-order valence-electron chi connectivity index (χ4n) is 2.44. The average Bonchev–Trinajstić information content (AvgIpc) is 2.74. The van der Waals surface area contributed by atoms with Crippen LogP contribution in [0.25, 0.3) is 0 Å². The second kappa shape index (κ2) is 10.3. The maximum atomic E-state index is 13.3. The summed E-state index contributed by atoms with van der Waals surface area (Å²) in [6.07, 6.45) is 0. The van der Waals surface area contributed by atoms with Crippen molar-refractivity contribution >= 4 is 73.9 Å². The van der Waals surface area contributed by atoms with Gasteiger partial charge in [0, 0.05) is 14.9 Å². The normalized spacial score (nSPS) is 12.3. The SMILES string of the molecule is O=C(N/C(=C(\Cl)Sc1ccc(Cl)cc1)S(=O)(=O)c1ccccc1)c1ccc(Cl)cc1Cl. The maximum Gasteiger partial charge on any atom is 0.257 e. The van der Waals surface area contributed by atoms with Gasteiger partial charge in [-0.25, -0.2) is 8.42 Å². The smallest absolute Gasteiger partial charge is 0.257 e. The van der Waals surface area contributed by atoms with E-state index in [1.54, 1.807) is 42.5 Å². The van der Waals surface area contributed by atoms with Crippen molar-refractivity contribution < 1.29 is 13.2 Å². The van der Waals surface area contributed by atoms with Gasteiger partial charge in [-0.3, -0.25) is 4.79 Å². The van der Waals surface area contributed by atoms with Crippen molar-refractivity contribution in [1.29, 1.82) is 0 Å². The van der Waals surface area contributed by atoms with E-state index in [2.05, 4.69) is 5.32 Å². The van der Waals surface area contributed by atoms with Crippen molar-refractivity contribution in [3.63, 3.8) is 0 Å². The van der Waals surface area contributed by atoms with E-state index in [0.29, 0.717) is 14.9 Å². The Bertz CT molecular complexity index is 1250. The van der Waals surface area contributed by atoms with Crippen LogP contribution >= 0.6 is 58.2 Å². The van der Waals surface area contributed by atoms with Crippen molar-refractivity contribution in [2.24, 2.45) is 0 Å². The van der Waals surface area contributed by atoms with Gasteiger partial charge in [-0.05, 0) is 54.6 Å². The van der Waals surface area contributed by atoms with Gasteiger partial charge in [-0.15, -0.1) is 0 Å². The molecule has 3 aromatic rings. The first-order valence-corrected chi connectivity index (χ1v) is 12.4. The molecule has 3 rings (SSSR count). The number of carbonyl (C=O) groups excluding carboxylic acids is 1. The molecular weight excluding hydrogens is 520 g/mol. The molecule has 10 heteroatoms. The van der Waals surface area contributed by atoms with E-state index in [0.717, 1.165) is 11.8 Å². The van der Waals surface area contributed by atoms with Crippen molar-refractivity contribution in [2.45, 2.75) is 9.79 Å². The van der Waals surface area contributed by atoms with Crippen LogP contribution in [0, 0.1) is 0 Å². The van der Waals surface area contributed by atoms with Crippen LogP contribution < -0.4 is 5.32 Å². The van der Waals surface area contributed by atoms with E-state index < -0.39 is 20.8 Å². The zero-order valence-corrected chi connectivity index (χ0v) is 20.1. The predicted molar refractivity (Wildman–Crippen MR) is 128 cm³/mol. The van der Waals surface area contributed by atoms with Gasteiger partial charge in [0.05, 0.1) is 15.5 Å².